The summed E-state index contributed by atoms with van der Waals surface area (Å²) in [6.07, 6.45) is -0.540. The summed E-state index contributed by atoms with van der Waals surface area (Å²) in [5.41, 5.74) is -0.807. The lowest BCUT2D eigenvalue weighted by molar-refractivity contribution is -0.154. The van der Waals surface area contributed by atoms with Crippen molar-refractivity contribution < 1.29 is 24.5 Å². The Morgan fingerprint density at radius 3 is 2.61 bits per heavy atom. The van der Waals surface area contributed by atoms with Gasteiger partial charge in [-0.1, -0.05) is 13.0 Å². The van der Waals surface area contributed by atoms with Crippen molar-refractivity contribution in [1.82, 2.24) is 0 Å². The maximum absolute atomic E-state index is 11.6. The lowest BCUT2D eigenvalue weighted by atomic mass is 9.86. The van der Waals surface area contributed by atoms with E-state index in [9.17, 15) is 15.0 Å². The lowest BCUT2D eigenvalue weighted by Crippen LogP contribution is -2.35. The van der Waals surface area contributed by atoms with Gasteiger partial charge in [0.15, 0.2) is 17.1 Å². The lowest BCUT2D eigenvalue weighted by Gasteiger charge is -2.20. The number of aliphatic hydroxyl groups is 1. The van der Waals surface area contributed by atoms with Gasteiger partial charge in [-0.3, -0.25) is 0 Å². The number of carbonyl (C=O) groups excluding carboxylic acids is 1. The summed E-state index contributed by atoms with van der Waals surface area (Å²) in [6, 6.07) is 4.72. The molecule has 2 rings (SSSR count). The minimum absolute atomic E-state index is 0.0185. The van der Waals surface area contributed by atoms with Crippen molar-refractivity contribution in [2.24, 2.45) is 5.92 Å². The van der Waals surface area contributed by atoms with E-state index >= 15 is 0 Å². The molecule has 0 spiro atoms. The molecule has 1 aromatic carbocycles. The summed E-state index contributed by atoms with van der Waals surface area (Å²) >= 11 is 0. The molecule has 0 aromatic heterocycles. The highest BCUT2D eigenvalue weighted by molar-refractivity contribution is 5.81. The fourth-order valence-electron chi connectivity index (χ4n) is 2.05. The van der Waals surface area contributed by atoms with Crippen molar-refractivity contribution in [1.29, 1.82) is 0 Å². The number of carbonyl (C=O) groups is 1. The zero-order valence-corrected chi connectivity index (χ0v) is 10.5. The molecule has 1 fully saturated rings. The largest absolute Gasteiger partial charge is 0.504 e. The molecule has 3 atom stereocenters. The van der Waals surface area contributed by atoms with Gasteiger partial charge in [-0.2, -0.15) is 0 Å². The Labute approximate surface area is 105 Å². The second kappa shape index (κ2) is 4.17. The van der Waals surface area contributed by atoms with E-state index in [1.807, 2.05) is 0 Å². The maximum Gasteiger partial charge on any atom is 0.338 e. The SMILES string of the molecule is COc1cc([C@H]2OC(=O)[C@](C)(O)[C@@H]2C)ccc1O. The topological polar surface area (TPSA) is 76.0 Å². The van der Waals surface area contributed by atoms with Gasteiger partial charge in [0.25, 0.3) is 0 Å². The highest BCUT2D eigenvalue weighted by Crippen LogP contribution is 2.43. The van der Waals surface area contributed by atoms with Crippen molar-refractivity contribution in [2.45, 2.75) is 25.6 Å². The molecule has 0 aliphatic carbocycles. The Balaban J connectivity index is 2.36. The molecule has 5 heteroatoms. The third-order valence-electron chi connectivity index (χ3n) is 3.52. The van der Waals surface area contributed by atoms with Gasteiger partial charge in [0.2, 0.25) is 0 Å². The Kier molecular flexibility index (Phi) is 2.94. The van der Waals surface area contributed by atoms with Gasteiger partial charge in [-0.05, 0) is 24.6 Å². The monoisotopic (exact) mass is 252 g/mol. The van der Waals surface area contributed by atoms with E-state index < -0.39 is 17.7 Å². The zero-order valence-electron chi connectivity index (χ0n) is 10.5. The quantitative estimate of drug-likeness (QED) is 0.778. The number of methoxy groups -OCH3 is 1. The van der Waals surface area contributed by atoms with E-state index in [-0.39, 0.29) is 11.7 Å². The number of benzene rings is 1. The van der Waals surface area contributed by atoms with Crippen molar-refractivity contribution in [3.63, 3.8) is 0 Å². The van der Waals surface area contributed by atoms with Gasteiger partial charge in [0.1, 0.15) is 6.10 Å². The van der Waals surface area contributed by atoms with Crippen molar-refractivity contribution in [3.8, 4) is 11.5 Å². The van der Waals surface area contributed by atoms with Crippen LogP contribution in [0.4, 0.5) is 0 Å². The summed E-state index contributed by atoms with van der Waals surface area (Å²) in [7, 11) is 1.44. The molecule has 0 unspecified atom stereocenters. The van der Waals surface area contributed by atoms with Crippen LogP contribution in [0.2, 0.25) is 0 Å². The van der Waals surface area contributed by atoms with Gasteiger partial charge in [-0.15, -0.1) is 0 Å². The molecule has 18 heavy (non-hydrogen) atoms. The number of cyclic esters (lactones) is 1. The van der Waals surface area contributed by atoms with Gasteiger partial charge in [-0.25, -0.2) is 4.79 Å². The minimum Gasteiger partial charge on any atom is -0.504 e. The summed E-state index contributed by atoms with van der Waals surface area (Å²) in [5, 5.41) is 19.5. The van der Waals surface area contributed by atoms with Crippen LogP contribution in [0, 0.1) is 5.92 Å². The first-order valence-corrected chi connectivity index (χ1v) is 5.68. The molecule has 0 bridgehead atoms. The average Bonchev–Trinajstić information content (AvgIpc) is 2.54. The molecule has 5 nitrogen and oxygen atoms in total. The van der Waals surface area contributed by atoms with Crippen molar-refractivity contribution in [3.05, 3.63) is 23.8 Å². The number of rotatable bonds is 2. The molecule has 2 N–H and O–H groups in total. The standard InChI is InChI=1S/C13H16O5/c1-7-11(18-12(15)13(7,2)16)8-4-5-9(14)10(6-8)17-3/h4-7,11,14,16H,1-3H3/t7-,11+,13-/m1/s1. The van der Waals surface area contributed by atoms with Crippen LogP contribution in [0.1, 0.15) is 25.5 Å². The van der Waals surface area contributed by atoms with Gasteiger partial charge in [0.05, 0.1) is 7.11 Å². The summed E-state index contributed by atoms with van der Waals surface area (Å²) in [4.78, 5) is 11.6. The van der Waals surface area contributed by atoms with E-state index in [1.54, 1.807) is 19.1 Å². The molecular weight excluding hydrogens is 236 g/mol. The Bertz CT molecular complexity index is 480. The van der Waals surface area contributed by atoms with E-state index in [0.29, 0.717) is 11.3 Å². The van der Waals surface area contributed by atoms with Crippen LogP contribution < -0.4 is 4.74 Å². The molecule has 1 saturated heterocycles. The van der Waals surface area contributed by atoms with E-state index in [2.05, 4.69) is 0 Å². The number of hydrogen-bond acceptors (Lipinski definition) is 5. The maximum atomic E-state index is 11.6. The number of phenols is 1. The average molecular weight is 252 g/mol. The van der Waals surface area contributed by atoms with Crippen LogP contribution in [0.15, 0.2) is 18.2 Å². The molecular formula is C13H16O5. The molecule has 98 valence electrons. The fourth-order valence-corrected chi connectivity index (χ4v) is 2.05. The number of ether oxygens (including phenoxy) is 2. The third kappa shape index (κ3) is 1.80. The van der Waals surface area contributed by atoms with Crippen molar-refractivity contribution >= 4 is 5.97 Å². The van der Waals surface area contributed by atoms with Crippen LogP contribution in [0.5, 0.6) is 11.5 Å². The molecule has 0 saturated carbocycles. The Morgan fingerprint density at radius 1 is 1.44 bits per heavy atom. The first-order valence-electron chi connectivity index (χ1n) is 5.68. The van der Waals surface area contributed by atoms with Gasteiger partial charge in [0, 0.05) is 5.92 Å². The number of aromatic hydroxyl groups is 1. The Hall–Kier alpha value is -1.75. The van der Waals surface area contributed by atoms with Crippen molar-refractivity contribution in [2.75, 3.05) is 7.11 Å². The molecule has 1 aromatic rings. The zero-order chi connectivity index (χ0) is 13.5. The summed E-state index contributed by atoms with van der Waals surface area (Å²) in [6.45, 7) is 3.19. The normalized spacial score (nSPS) is 31.2. The number of phenolic OH excluding ortho intramolecular Hbond substituents is 1. The molecule has 1 aliphatic rings. The highest BCUT2D eigenvalue weighted by atomic mass is 16.6. The van der Waals surface area contributed by atoms with Gasteiger partial charge >= 0.3 is 5.97 Å². The van der Waals surface area contributed by atoms with E-state index in [0.717, 1.165) is 0 Å². The van der Waals surface area contributed by atoms with Crippen LogP contribution in [0.25, 0.3) is 0 Å². The third-order valence-corrected chi connectivity index (χ3v) is 3.52. The molecule has 1 aliphatic heterocycles. The molecule has 1 heterocycles. The Morgan fingerprint density at radius 2 is 2.11 bits per heavy atom. The predicted octanol–water partition coefficient (Wildman–Crippen LogP) is 1.39. The smallest absolute Gasteiger partial charge is 0.338 e. The summed E-state index contributed by atoms with van der Waals surface area (Å²) in [5.74, 6) is -0.682. The fraction of sp³-hybridized carbons (Fsp3) is 0.462. The van der Waals surface area contributed by atoms with Crippen LogP contribution in [-0.4, -0.2) is 28.9 Å². The first-order chi connectivity index (χ1) is 8.37. The number of hydrogen-bond donors (Lipinski definition) is 2. The molecule has 0 radical (unpaired) electrons. The van der Waals surface area contributed by atoms with Crippen LogP contribution in [0.3, 0.4) is 0 Å². The first kappa shape index (κ1) is 12.7. The summed E-state index contributed by atoms with van der Waals surface area (Å²) < 4.78 is 10.2. The predicted molar refractivity (Wildman–Crippen MR) is 63.3 cm³/mol. The second-order valence-corrected chi connectivity index (χ2v) is 4.69. The van der Waals surface area contributed by atoms with Gasteiger partial charge < -0.3 is 19.7 Å². The second-order valence-electron chi connectivity index (χ2n) is 4.69. The highest BCUT2D eigenvalue weighted by Gasteiger charge is 2.51. The molecule has 0 amide bonds. The minimum atomic E-state index is -1.49. The number of esters is 1. The van der Waals surface area contributed by atoms with Crippen LogP contribution >= 0.6 is 0 Å². The van der Waals surface area contributed by atoms with Crippen LogP contribution in [-0.2, 0) is 9.53 Å². The van der Waals surface area contributed by atoms with E-state index in [4.69, 9.17) is 9.47 Å². The van der Waals surface area contributed by atoms with E-state index in [1.165, 1.54) is 20.1 Å².